The maximum atomic E-state index is 11.1. The average Bonchev–Trinajstić information content (AvgIpc) is 2.79. The first-order valence-electron chi connectivity index (χ1n) is 6.56. The van der Waals surface area contributed by atoms with Gasteiger partial charge in [0.05, 0.1) is 24.8 Å². The van der Waals surface area contributed by atoms with Crippen LogP contribution in [0.15, 0.2) is 18.2 Å². The van der Waals surface area contributed by atoms with Crippen LogP contribution in [0.3, 0.4) is 0 Å². The summed E-state index contributed by atoms with van der Waals surface area (Å²) in [5.41, 5.74) is 1.56. The summed E-state index contributed by atoms with van der Waals surface area (Å²) in [6, 6.07) is 5.58. The lowest BCUT2D eigenvalue weighted by molar-refractivity contribution is 0.186. The zero-order chi connectivity index (χ0) is 14.5. The van der Waals surface area contributed by atoms with Gasteiger partial charge in [0.15, 0.2) is 0 Å². The van der Waals surface area contributed by atoms with Gasteiger partial charge in [-0.3, -0.25) is 5.32 Å². The van der Waals surface area contributed by atoms with Crippen LogP contribution in [-0.4, -0.2) is 29.8 Å². The maximum Gasteiger partial charge on any atom is 0.413 e. The molecule has 0 fully saturated rings. The van der Waals surface area contributed by atoms with Crippen molar-refractivity contribution in [2.75, 3.05) is 19.0 Å². The predicted molar refractivity (Wildman–Crippen MR) is 77.1 cm³/mol. The van der Waals surface area contributed by atoms with Crippen LogP contribution in [-0.2, 0) is 4.74 Å². The van der Waals surface area contributed by atoms with E-state index >= 15 is 0 Å². The molecule has 20 heavy (non-hydrogen) atoms. The van der Waals surface area contributed by atoms with Crippen molar-refractivity contribution in [3.8, 4) is 5.75 Å². The van der Waals surface area contributed by atoms with Gasteiger partial charge in [0.2, 0.25) is 5.95 Å². The van der Waals surface area contributed by atoms with Crippen molar-refractivity contribution < 1.29 is 14.3 Å². The zero-order valence-electron chi connectivity index (χ0n) is 11.9. The Bertz CT molecular complexity index is 592. The number of anilines is 1. The number of aromatic nitrogens is 2. The summed E-state index contributed by atoms with van der Waals surface area (Å²) >= 11 is 0. The summed E-state index contributed by atoms with van der Waals surface area (Å²) in [5, 5.41) is 2.49. The lowest BCUT2D eigenvalue weighted by Crippen LogP contribution is -2.11. The third-order valence-corrected chi connectivity index (χ3v) is 2.82. The van der Waals surface area contributed by atoms with Crippen LogP contribution in [0.2, 0.25) is 0 Å². The average molecular weight is 277 g/mol. The van der Waals surface area contributed by atoms with Gasteiger partial charge in [0.1, 0.15) is 5.75 Å². The molecule has 0 atom stereocenters. The molecule has 2 aromatic rings. The first-order chi connectivity index (χ1) is 9.58. The third-order valence-electron chi connectivity index (χ3n) is 2.82. The van der Waals surface area contributed by atoms with Crippen LogP contribution >= 0.6 is 0 Å². The zero-order valence-corrected chi connectivity index (χ0v) is 11.9. The number of nitrogens with zero attached hydrogens (tertiary/aromatic N) is 1. The van der Waals surface area contributed by atoms with E-state index in [0.29, 0.717) is 18.5 Å². The summed E-state index contributed by atoms with van der Waals surface area (Å²) < 4.78 is 10.2. The number of nitrogens with one attached hydrogen (secondary N) is 2. The summed E-state index contributed by atoms with van der Waals surface area (Å²) in [5.74, 6) is 1.75. The molecular weight excluding hydrogens is 258 g/mol. The van der Waals surface area contributed by atoms with Gasteiger partial charge in [-0.15, -0.1) is 0 Å². The molecule has 0 saturated carbocycles. The number of hydrogen-bond acceptors (Lipinski definition) is 4. The van der Waals surface area contributed by atoms with Gasteiger partial charge in [-0.2, -0.15) is 0 Å². The van der Waals surface area contributed by atoms with E-state index in [1.54, 1.807) is 0 Å². The fourth-order valence-corrected chi connectivity index (χ4v) is 1.70. The molecular formula is C14H19N3O3. The number of hydrogen-bond donors (Lipinski definition) is 2. The molecule has 6 heteroatoms. The molecule has 1 heterocycles. The SMILES string of the molecule is COC(=O)Nc1nc2ccc(OCCC(C)C)cc2[nH]1. The lowest BCUT2D eigenvalue weighted by Gasteiger charge is -2.07. The second-order valence-corrected chi connectivity index (χ2v) is 4.91. The number of benzene rings is 1. The Morgan fingerprint density at radius 3 is 2.95 bits per heavy atom. The van der Waals surface area contributed by atoms with Crippen LogP contribution in [0.1, 0.15) is 20.3 Å². The molecule has 1 amide bonds. The van der Waals surface area contributed by atoms with Gasteiger partial charge < -0.3 is 14.5 Å². The fraction of sp³-hybridized carbons (Fsp3) is 0.429. The van der Waals surface area contributed by atoms with Gasteiger partial charge in [0, 0.05) is 6.07 Å². The Kier molecular flexibility index (Phi) is 4.45. The Balaban J connectivity index is 2.07. The molecule has 0 unspecified atom stereocenters. The highest BCUT2D eigenvalue weighted by atomic mass is 16.5. The quantitative estimate of drug-likeness (QED) is 0.880. The molecule has 0 bridgehead atoms. The van der Waals surface area contributed by atoms with Crippen LogP contribution in [0.5, 0.6) is 5.75 Å². The number of ether oxygens (including phenoxy) is 2. The van der Waals surface area contributed by atoms with Crippen molar-refractivity contribution in [1.29, 1.82) is 0 Å². The third kappa shape index (κ3) is 3.63. The number of H-pyrrole nitrogens is 1. The maximum absolute atomic E-state index is 11.1. The van der Waals surface area contributed by atoms with Crippen molar-refractivity contribution >= 4 is 23.1 Å². The molecule has 0 saturated heterocycles. The molecule has 2 N–H and O–H groups in total. The van der Waals surface area contributed by atoms with Crippen molar-refractivity contribution in [2.24, 2.45) is 5.92 Å². The van der Waals surface area contributed by atoms with Gasteiger partial charge in [-0.05, 0) is 24.5 Å². The minimum Gasteiger partial charge on any atom is -0.494 e. The molecule has 0 aliphatic rings. The molecule has 1 aromatic carbocycles. The van der Waals surface area contributed by atoms with Gasteiger partial charge >= 0.3 is 6.09 Å². The Morgan fingerprint density at radius 1 is 1.45 bits per heavy atom. The topological polar surface area (TPSA) is 76.2 Å². The number of aromatic amines is 1. The molecule has 2 rings (SSSR count). The summed E-state index contributed by atoms with van der Waals surface area (Å²) in [6.07, 6.45) is 0.452. The Hall–Kier alpha value is -2.24. The van der Waals surface area contributed by atoms with E-state index in [1.807, 2.05) is 18.2 Å². The van der Waals surface area contributed by atoms with E-state index in [-0.39, 0.29) is 0 Å². The van der Waals surface area contributed by atoms with E-state index < -0.39 is 6.09 Å². The molecule has 108 valence electrons. The van der Waals surface area contributed by atoms with Gasteiger partial charge in [0.25, 0.3) is 0 Å². The second-order valence-electron chi connectivity index (χ2n) is 4.91. The summed E-state index contributed by atoms with van der Waals surface area (Å²) in [4.78, 5) is 18.3. The molecule has 0 aliphatic carbocycles. The van der Waals surface area contributed by atoms with Gasteiger partial charge in [-0.1, -0.05) is 13.8 Å². The van der Waals surface area contributed by atoms with E-state index in [9.17, 15) is 4.79 Å². The molecule has 6 nitrogen and oxygen atoms in total. The number of methoxy groups -OCH3 is 1. The van der Waals surface area contributed by atoms with E-state index in [0.717, 1.165) is 23.2 Å². The lowest BCUT2D eigenvalue weighted by atomic mass is 10.1. The van der Waals surface area contributed by atoms with Crippen molar-refractivity contribution in [2.45, 2.75) is 20.3 Å². The number of rotatable bonds is 5. The Morgan fingerprint density at radius 2 is 2.25 bits per heavy atom. The minimum atomic E-state index is -0.558. The number of imidazole rings is 1. The van der Waals surface area contributed by atoms with Crippen molar-refractivity contribution in [3.05, 3.63) is 18.2 Å². The van der Waals surface area contributed by atoms with E-state index in [4.69, 9.17) is 4.74 Å². The highest BCUT2D eigenvalue weighted by Gasteiger charge is 2.07. The van der Waals surface area contributed by atoms with Crippen LogP contribution < -0.4 is 10.1 Å². The van der Waals surface area contributed by atoms with Crippen LogP contribution in [0.25, 0.3) is 11.0 Å². The molecule has 1 aromatic heterocycles. The number of fused-ring (bicyclic) bond motifs is 1. The molecule has 0 aliphatic heterocycles. The highest BCUT2D eigenvalue weighted by Crippen LogP contribution is 2.21. The van der Waals surface area contributed by atoms with Crippen molar-refractivity contribution in [3.63, 3.8) is 0 Å². The second kappa shape index (κ2) is 6.27. The highest BCUT2D eigenvalue weighted by molar-refractivity contribution is 5.86. The summed E-state index contributed by atoms with van der Waals surface area (Å²) in [6.45, 7) is 5.00. The fourth-order valence-electron chi connectivity index (χ4n) is 1.70. The first-order valence-corrected chi connectivity index (χ1v) is 6.56. The standard InChI is InChI=1S/C14H19N3O3/c1-9(2)6-7-20-10-4-5-11-12(8-10)16-13(15-11)17-14(18)19-3/h4-5,8-9H,6-7H2,1-3H3,(H2,15,16,17,18). The molecule has 0 spiro atoms. The number of amides is 1. The number of carbonyl (C=O) groups excluding carboxylic acids is 1. The molecule has 0 radical (unpaired) electrons. The van der Waals surface area contributed by atoms with Crippen molar-refractivity contribution in [1.82, 2.24) is 9.97 Å². The summed E-state index contributed by atoms with van der Waals surface area (Å²) in [7, 11) is 1.30. The Labute approximate surface area is 117 Å². The monoisotopic (exact) mass is 277 g/mol. The van der Waals surface area contributed by atoms with Crippen LogP contribution in [0, 0.1) is 5.92 Å². The number of carbonyl (C=O) groups is 1. The van der Waals surface area contributed by atoms with E-state index in [2.05, 4.69) is 33.9 Å². The normalized spacial score (nSPS) is 10.8. The van der Waals surface area contributed by atoms with Crippen LogP contribution in [0.4, 0.5) is 10.7 Å². The minimum absolute atomic E-state index is 0.353. The predicted octanol–water partition coefficient (Wildman–Crippen LogP) is 3.17. The van der Waals surface area contributed by atoms with E-state index in [1.165, 1.54) is 7.11 Å². The smallest absolute Gasteiger partial charge is 0.413 e. The van der Waals surface area contributed by atoms with Gasteiger partial charge in [-0.25, -0.2) is 9.78 Å². The largest absolute Gasteiger partial charge is 0.494 e. The first kappa shape index (κ1) is 14.2.